The van der Waals surface area contributed by atoms with E-state index in [2.05, 4.69) is 0 Å². The summed E-state index contributed by atoms with van der Waals surface area (Å²) in [6.07, 6.45) is 0.402. The third kappa shape index (κ3) is 6.60. The standard InChI is InChI=1S/C24H23FO6/c1-28-24-22(25)23(31-21(27)15-13-18-10-6-3-7-11-18)19(30-24)16-29-20(26)14-12-17-8-4-2-5-9-17/h2-15,19,22-24H,16H2,1H3/b14-12+,15-13+/t19?,22-,23+,24?/m0/s1. The number of carbonyl (C=O) groups excluding carboxylic acids is 2. The molecule has 31 heavy (non-hydrogen) atoms. The van der Waals surface area contributed by atoms with Gasteiger partial charge in [-0.25, -0.2) is 14.0 Å². The van der Waals surface area contributed by atoms with Crippen molar-refractivity contribution in [3.63, 3.8) is 0 Å². The molecule has 1 saturated heterocycles. The van der Waals surface area contributed by atoms with Crippen molar-refractivity contribution in [3.8, 4) is 0 Å². The molecule has 0 amide bonds. The van der Waals surface area contributed by atoms with Crippen LogP contribution in [0.1, 0.15) is 11.1 Å². The molecular formula is C24H23FO6. The van der Waals surface area contributed by atoms with Crippen LogP contribution in [-0.2, 0) is 28.5 Å². The summed E-state index contributed by atoms with van der Waals surface area (Å²) in [5.41, 5.74) is 1.63. The maximum absolute atomic E-state index is 14.6. The van der Waals surface area contributed by atoms with E-state index < -0.39 is 36.6 Å². The molecule has 3 rings (SSSR count). The molecule has 0 aromatic heterocycles. The van der Waals surface area contributed by atoms with Crippen LogP contribution in [0.25, 0.3) is 12.2 Å². The molecule has 1 heterocycles. The number of ether oxygens (including phenoxy) is 4. The third-order valence-electron chi connectivity index (χ3n) is 4.55. The number of carbonyl (C=O) groups is 2. The predicted molar refractivity (Wildman–Crippen MR) is 112 cm³/mol. The van der Waals surface area contributed by atoms with Crippen molar-refractivity contribution >= 4 is 24.1 Å². The van der Waals surface area contributed by atoms with Crippen LogP contribution in [0.5, 0.6) is 0 Å². The predicted octanol–water partition coefficient (Wildman–Crippen LogP) is 3.58. The van der Waals surface area contributed by atoms with Crippen LogP contribution in [0.15, 0.2) is 72.8 Å². The second-order valence-electron chi connectivity index (χ2n) is 6.74. The van der Waals surface area contributed by atoms with Crippen molar-refractivity contribution in [1.29, 1.82) is 0 Å². The summed E-state index contributed by atoms with van der Waals surface area (Å²) < 4.78 is 35.4. The van der Waals surface area contributed by atoms with Crippen LogP contribution < -0.4 is 0 Å². The number of hydrogen-bond donors (Lipinski definition) is 0. The monoisotopic (exact) mass is 426 g/mol. The molecule has 1 aliphatic heterocycles. The molecule has 1 aliphatic rings. The Bertz CT molecular complexity index is 912. The van der Waals surface area contributed by atoms with Gasteiger partial charge in [-0.05, 0) is 23.3 Å². The number of rotatable bonds is 8. The molecule has 162 valence electrons. The lowest BCUT2D eigenvalue weighted by molar-refractivity contribution is -0.160. The summed E-state index contributed by atoms with van der Waals surface area (Å²) in [6, 6.07) is 18.3. The van der Waals surface area contributed by atoms with Crippen LogP contribution in [0.4, 0.5) is 4.39 Å². The molecule has 0 aliphatic carbocycles. The Kier molecular flexibility index (Phi) is 8.09. The zero-order valence-electron chi connectivity index (χ0n) is 16.9. The van der Waals surface area contributed by atoms with Gasteiger partial charge in [0.25, 0.3) is 0 Å². The van der Waals surface area contributed by atoms with Gasteiger partial charge >= 0.3 is 11.9 Å². The molecule has 7 heteroatoms. The van der Waals surface area contributed by atoms with E-state index in [1.807, 2.05) is 60.7 Å². The average molecular weight is 426 g/mol. The van der Waals surface area contributed by atoms with Crippen molar-refractivity contribution in [2.45, 2.75) is 24.7 Å². The number of alkyl halides is 1. The van der Waals surface area contributed by atoms with E-state index in [0.717, 1.165) is 11.1 Å². The lowest BCUT2D eigenvalue weighted by Crippen LogP contribution is -2.37. The highest BCUT2D eigenvalue weighted by Crippen LogP contribution is 2.28. The van der Waals surface area contributed by atoms with Gasteiger partial charge in [0.2, 0.25) is 0 Å². The first kappa shape index (κ1) is 22.4. The van der Waals surface area contributed by atoms with E-state index in [0.29, 0.717) is 0 Å². The fraction of sp³-hybridized carbons (Fsp3) is 0.250. The van der Waals surface area contributed by atoms with Crippen molar-refractivity contribution in [3.05, 3.63) is 83.9 Å². The maximum Gasteiger partial charge on any atom is 0.331 e. The minimum Gasteiger partial charge on any atom is -0.460 e. The molecule has 1 fully saturated rings. The van der Waals surface area contributed by atoms with Gasteiger partial charge in [-0.1, -0.05) is 60.7 Å². The molecule has 0 spiro atoms. The molecule has 0 radical (unpaired) electrons. The highest BCUT2D eigenvalue weighted by molar-refractivity contribution is 5.87. The van der Waals surface area contributed by atoms with Crippen LogP contribution >= 0.6 is 0 Å². The highest BCUT2D eigenvalue weighted by atomic mass is 19.1. The average Bonchev–Trinajstić information content (AvgIpc) is 3.10. The zero-order chi connectivity index (χ0) is 22.1. The molecule has 0 saturated carbocycles. The van der Waals surface area contributed by atoms with Gasteiger partial charge < -0.3 is 18.9 Å². The number of benzene rings is 2. The minimum atomic E-state index is -1.72. The molecule has 2 aromatic rings. The summed E-state index contributed by atoms with van der Waals surface area (Å²) in [4.78, 5) is 24.2. The zero-order valence-corrected chi connectivity index (χ0v) is 16.9. The Balaban J connectivity index is 1.57. The van der Waals surface area contributed by atoms with E-state index in [4.69, 9.17) is 18.9 Å². The van der Waals surface area contributed by atoms with Gasteiger partial charge in [0.1, 0.15) is 12.7 Å². The topological polar surface area (TPSA) is 71.1 Å². The number of halogens is 1. The summed E-state index contributed by atoms with van der Waals surface area (Å²) >= 11 is 0. The van der Waals surface area contributed by atoms with E-state index >= 15 is 0 Å². The van der Waals surface area contributed by atoms with Gasteiger partial charge in [0.05, 0.1) is 0 Å². The Labute approximate surface area is 179 Å². The first-order chi connectivity index (χ1) is 15.1. The number of hydrogen-bond acceptors (Lipinski definition) is 6. The van der Waals surface area contributed by atoms with E-state index in [1.165, 1.54) is 19.3 Å². The van der Waals surface area contributed by atoms with Gasteiger partial charge in [-0.3, -0.25) is 0 Å². The lowest BCUT2D eigenvalue weighted by Gasteiger charge is -2.18. The molecule has 2 aromatic carbocycles. The van der Waals surface area contributed by atoms with Crippen LogP contribution in [0.3, 0.4) is 0 Å². The first-order valence-electron chi connectivity index (χ1n) is 9.73. The summed E-state index contributed by atoms with van der Waals surface area (Å²) in [6.45, 7) is -0.293. The molecule has 6 nitrogen and oxygen atoms in total. The third-order valence-corrected chi connectivity index (χ3v) is 4.55. The van der Waals surface area contributed by atoms with Crippen molar-refractivity contribution in [2.24, 2.45) is 0 Å². The number of methoxy groups -OCH3 is 1. The van der Waals surface area contributed by atoms with Crippen molar-refractivity contribution < 1.29 is 32.9 Å². The maximum atomic E-state index is 14.6. The normalized spacial score (nSPS) is 23.3. The molecule has 0 bridgehead atoms. The van der Waals surface area contributed by atoms with Gasteiger partial charge in [0, 0.05) is 19.3 Å². The molecule has 2 unspecified atom stereocenters. The van der Waals surface area contributed by atoms with Crippen molar-refractivity contribution in [1.82, 2.24) is 0 Å². The van der Waals surface area contributed by atoms with Crippen LogP contribution in [0, 0.1) is 0 Å². The van der Waals surface area contributed by atoms with Crippen LogP contribution in [0.2, 0.25) is 0 Å². The SMILES string of the molecule is COC1OC(COC(=O)/C=C/c2ccccc2)[C@@H](OC(=O)/C=C/c2ccccc2)[C@@H]1F. The molecule has 4 atom stereocenters. The van der Waals surface area contributed by atoms with Gasteiger partial charge in [-0.15, -0.1) is 0 Å². The second-order valence-corrected chi connectivity index (χ2v) is 6.74. The summed E-state index contributed by atoms with van der Waals surface area (Å²) in [7, 11) is 1.28. The minimum absolute atomic E-state index is 0.293. The van der Waals surface area contributed by atoms with Gasteiger partial charge in [-0.2, -0.15) is 0 Å². The Morgan fingerprint density at radius 3 is 2.03 bits per heavy atom. The quantitative estimate of drug-likeness (QED) is 0.475. The summed E-state index contributed by atoms with van der Waals surface area (Å²) in [5.74, 6) is -1.37. The Hall–Kier alpha value is -3.29. The largest absolute Gasteiger partial charge is 0.460 e. The lowest BCUT2D eigenvalue weighted by atomic mass is 10.1. The highest BCUT2D eigenvalue weighted by Gasteiger charge is 2.48. The fourth-order valence-electron chi connectivity index (χ4n) is 2.99. The first-order valence-corrected chi connectivity index (χ1v) is 9.73. The van der Waals surface area contributed by atoms with Crippen LogP contribution in [-0.4, -0.2) is 50.3 Å². The second kappa shape index (κ2) is 11.2. The summed E-state index contributed by atoms with van der Waals surface area (Å²) in [5, 5.41) is 0. The van der Waals surface area contributed by atoms with E-state index in [-0.39, 0.29) is 6.61 Å². The smallest absolute Gasteiger partial charge is 0.331 e. The molecule has 0 N–H and O–H groups in total. The van der Waals surface area contributed by atoms with E-state index in [9.17, 15) is 14.0 Å². The van der Waals surface area contributed by atoms with E-state index in [1.54, 1.807) is 12.2 Å². The Morgan fingerprint density at radius 2 is 1.48 bits per heavy atom. The Morgan fingerprint density at radius 1 is 0.935 bits per heavy atom. The van der Waals surface area contributed by atoms with Gasteiger partial charge in [0.15, 0.2) is 18.6 Å². The number of esters is 2. The van der Waals surface area contributed by atoms with Crippen molar-refractivity contribution in [2.75, 3.05) is 13.7 Å². The molecular weight excluding hydrogens is 403 g/mol. The fourth-order valence-corrected chi connectivity index (χ4v) is 2.99.